The Hall–Kier alpha value is -3.70. The summed E-state index contributed by atoms with van der Waals surface area (Å²) >= 11 is 5.71. The molecule has 0 fully saturated rings. The molecule has 7 nitrogen and oxygen atoms in total. The summed E-state index contributed by atoms with van der Waals surface area (Å²) in [5.74, 6) is -6.14. The highest BCUT2D eigenvalue weighted by molar-refractivity contribution is 6.30. The first-order chi connectivity index (χ1) is 16.9. The summed E-state index contributed by atoms with van der Waals surface area (Å²) in [5, 5.41) is 15.6. The third-order valence-electron chi connectivity index (χ3n) is 5.80. The van der Waals surface area contributed by atoms with Crippen molar-refractivity contribution in [1.82, 2.24) is 19.9 Å². The number of aromatic amines is 1. The van der Waals surface area contributed by atoms with Crippen LogP contribution in [0.2, 0.25) is 5.02 Å². The lowest BCUT2D eigenvalue weighted by Crippen LogP contribution is -2.43. The Morgan fingerprint density at radius 1 is 1.19 bits per heavy atom. The molecule has 0 saturated heterocycles. The van der Waals surface area contributed by atoms with Gasteiger partial charge in [-0.25, -0.2) is 22.1 Å². The smallest absolute Gasteiger partial charge is 0.294 e. The van der Waals surface area contributed by atoms with Crippen LogP contribution < -0.4 is 10.9 Å². The number of aromatic nitrogens is 3. The zero-order chi connectivity index (χ0) is 26.4. The van der Waals surface area contributed by atoms with Gasteiger partial charge in [0.1, 0.15) is 29.8 Å². The average Bonchev–Trinajstić information content (AvgIpc) is 3.09. The Balaban J connectivity index is 1.80. The van der Waals surface area contributed by atoms with Gasteiger partial charge in [0.2, 0.25) is 0 Å². The zero-order valence-corrected chi connectivity index (χ0v) is 19.6. The zero-order valence-electron chi connectivity index (χ0n) is 18.9. The molecule has 4 rings (SSSR count). The van der Waals surface area contributed by atoms with Gasteiger partial charge in [-0.05, 0) is 55.3 Å². The predicted molar refractivity (Wildman–Crippen MR) is 124 cm³/mol. The molecule has 0 aliphatic carbocycles. The van der Waals surface area contributed by atoms with Crippen LogP contribution in [0.3, 0.4) is 0 Å². The van der Waals surface area contributed by atoms with Gasteiger partial charge in [0.05, 0.1) is 16.3 Å². The lowest BCUT2D eigenvalue weighted by molar-refractivity contribution is -0.0785. The Morgan fingerprint density at radius 3 is 2.47 bits per heavy atom. The second-order valence-electron chi connectivity index (χ2n) is 8.15. The molecule has 36 heavy (non-hydrogen) atoms. The first kappa shape index (κ1) is 25.4. The van der Waals surface area contributed by atoms with E-state index in [1.165, 1.54) is 30.5 Å². The molecular formula is C24H19ClF4N4O3. The van der Waals surface area contributed by atoms with Gasteiger partial charge >= 0.3 is 0 Å². The van der Waals surface area contributed by atoms with E-state index in [2.05, 4.69) is 15.4 Å². The van der Waals surface area contributed by atoms with E-state index in [1.54, 1.807) is 0 Å². The third-order valence-corrected chi connectivity index (χ3v) is 6.11. The van der Waals surface area contributed by atoms with E-state index in [4.69, 9.17) is 11.6 Å². The number of hydrogen-bond acceptors (Lipinski definition) is 4. The van der Waals surface area contributed by atoms with Crippen molar-refractivity contribution in [2.75, 3.05) is 6.61 Å². The van der Waals surface area contributed by atoms with Gasteiger partial charge in [-0.2, -0.15) is 0 Å². The molecule has 188 valence electrons. The Kier molecular flexibility index (Phi) is 6.63. The number of fused-ring (bicyclic) bond motifs is 1. The Labute approximate surface area is 206 Å². The number of halogens is 5. The van der Waals surface area contributed by atoms with Crippen molar-refractivity contribution in [2.45, 2.75) is 25.8 Å². The minimum atomic E-state index is -3.78. The summed E-state index contributed by atoms with van der Waals surface area (Å²) in [6.07, 6.45) is 0. The molecule has 0 radical (unpaired) electrons. The number of amides is 1. The highest BCUT2D eigenvalue weighted by Crippen LogP contribution is 2.32. The van der Waals surface area contributed by atoms with E-state index in [-0.39, 0.29) is 44.3 Å². The second kappa shape index (κ2) is 9.40. The second-order valence-corrected chi connectivity index (χ2v) is 8.56. The number of nitrogens with zero attached hydrogens (tertiary/aromatic N) is 2. The largest absolute Gasteiger partial charge is 0.390 e. The summed E-state index contributed by atoms with van der Waals surface area (Å²) in [5.41, 5.74) is -0.343. The van der Waals surface area contributed by atoms with Gasteiger partial charge in [-0.15, -0.1) is 5.10 Å². The van der Waals surface area contributed by atoms with Crippen LogP contribution in [-0.4, -0.2) is 38.1 Å². The summed E-state index contributed by atoms with van der Waals surface area (Å²) in [7, 11) is 0. The number of carbonyl (C=O) groups is 1. The van der Waals surface area contributed by atoms with Gasteiger partial charge in [-0.3, -0.25) is 9.59 Å². The van der Waals surface area contributed by atoms with Gasteiger partial charge in [0.25, 0.3) is 17.4 Å². The molecule has 2 heterocycles. The maximum Gasteiger partial charge on any atom is 0.294 e. The first-order valence-electron chi connectivity index (χ1n) is 10.6. The van der Waals surface area contributed by atoms with E-state index < -0.39 is 41.7 Å². The first-order valence-corrected chi connectivity index (χ1v) is 10.9. The normalized spacial score (nSPS) is 12.7. The number of rotatable bonds is 6. The quantitative estimate of drug-likeness (QED) is 0.328. The maximum absolute atomic E-state index is 14.6. The molecule has 0 spiro atoms. The number of hydrogen-bond donors (Lipinski definition) is 3. The van der Waals surface area contributed by atoms with E-state index in [9.17, 15) is 32.3 Å². The molecule has 0 saturated carbocycles. The topological polar surface area (TPSA) is 99.5 Å². The van der Waals surface area contributed by atoms with Crippen molar-refractivity contribution in [3.05, 3.63) is 91.9 Å². The fourth-order valence-corrected chi connectivity index (χ4v) is 4.11. The predicted octanol–water partition coefficient (Wildman–Crippen LogP) is 4.34. The molecule has 0 unspecified atom stereocenters. The van der Waals surface area contributed by atoms with E-state index in [0.717, 1.165) is 30.3 Å². The lowest BCUT2D eigenvalue weighted by Gasteiger charge is -2.27. The van der Waals surface area contributed by atoms with Crippen LogP contribution in [0.5, 0.6) is 0 Å². The number of aliphatic hydroxyl groups is 1. The number of alkyl halides is 2. The molecule has 2 aromatic carbocycles. The van der Waals surface area contributed by atoms with Crippen LogP contribution in [0.1, 0.15) is 33.2 Å². The lowest BCUT2D eigenvalue weighted by atomic mass is 9.99. The number of carbonyl (C=O) groups excluding carboxylic acids is 1. The molecule has 1 amide bonds. The molecule has 0 bridgehead atoms. The molecule has 0 aliphatic heterocycles. The van der Waals surface area contributed by atoms with E-state index >= 15 is 0 Å². The molecule has 12 heteroatoms. The van der Waals surface area contributed by atoms with E-state index in [1.807, 2.05) is 0 Å². The summed E-state index contributed by atoms with van der Waals surface area (Å²) in [4.78, 5) is 28.6. The van der Waals surface area contributed by atoms with Crippen LogP contribution in [0.25, 0.3) is 16.9 Å². The number of H-pyrrole nitrogens is 1. The third kappa shape index (κ3) is 4.47. The molecular weight excluding hydrogens is 504 g/mol. The van der Waals surface area contributed by atoms with Crippen LogP contribution in [0.4, 0.5) is 17.6 Å². The fraction of sp³-hybridized carbons (Fsp3) is 0.208. The monoisotopic (exact) mass is 522 g/mol. The summed E-state index contributed by atoms with van der Waals surface area (Å²) < 4.78 is 57.6. The number of aryl methyl sites for hydroxylation is 2. The van der Waals surface area contributed by atoms with Gasteiger partial charge < -0.3 is 15.4 Å². The van der Waals surface area contributed by atoms with Crippen LogP contribution >= 0.6 is 11.6 Å². The summed E-state index contributed by atoms with van der Waals surface area (Å²) in [6, 6.07) is 5.88. The van der Waals surface area contributed by atoms with Crippen molar-refractivity contribution in [3.8, 4) is 11.4 Å². The highest BCUT2D eigenvalue weighted by Gasteiger charge is 2.42. The highest BCUT2D eigenvalue weighted by atomic mass is 35.5. The van der Waals surface area contributed by atoms with E-state index in [0.29, 0.717) is 0 Å². The number of aliphatic hydroxyl groups excluding tert-OH is 1. The SMILES string of the molecule is Cc1c(C(=O)N[C@@H](c2ccc(F)cc2)C(F)(F)CO)c(C)n2nc(-c3ccc(Cl)c(F)c3)[nH]c(=O)c12. The average molecular weight is 523 g/mol. The maximum atomic E-state index is 14.6. The van der Waals surface area contributed by atoms with Crippen LogP contribution in [0, 0.1) is 25.5 Å². The van der Waals surface area contributed by atoms with Crippen molar-refractivity contribution in [2.24, 2.45) is 0 Å². The van der Waals surface area contributed by atoms with Crippen molar-refractivity contribution >= 4 is 23.0 Å². The van der Waals surface area contributed by atoms with Crippen molar-refractivity contribution in [3.63, 3.8) is 0 Å². The Morgan fingerprint density at radius 2 is 1.86 bits per heavy atom. The molecule has 3 N–H and O–H groups in total. The van der Waals surface area contributed by atoms with Gasteiger partial charge in [-0.1, -0.05) is 23.7 Å². The minimum Gasteiger partial charge on any atom is -0.390 e. The van der Waals surface area contributed by atoms with Crippen molar-refractivity contribution < 1.29 is 27.5 Å². The van der Waals surface area contributed by atoms with Gasteiger partial charge in [0, 0.05) is 5.56 Å². The van der Waals surface area contributed by atoms with Crippen molar-refractivity contribution in [1.29, 1.82) is 0 Å². The van der Waals surface area contributed by atoms with Gasteiger partial charge in [0.15, 0.2) is 5.82 Å². The van der Waals surface area contributed by atoms with Crippen LogP contribution in [-0.2, 0) is 0 Å². The number of nitrogens with one attached hydrogen (secondary N) is 2. The molecule has 4 aromatic rings. The molecule has 0 aliphatic rings. The molecule has 2 aromatic heterocycles. The fourth-order valence-electron chi connectivity index (χ4n) is 4.00. The minimum absolute atomic E-state index is 0.0101. The molecule has 1 atom stereocenters. The van der Waals surface area contributed by atoms with Crippen LogP contribution in [0.15, 0.2) is 47.3 Å². The number of benzene rings is 2. The standard InChI is InChI=1S/C24H19ClF4N4O3/c1-11-18(22(35)30-20(24(28,29)10-34)13-3-6-15(26)7-4-13)12(2)33-19(11)23(36)31-21(32-33)14-5-8-16(25)17(27)9-14/h3-9,20,34H,10H2,1-2H3,(H,30,35)(H,31,32,36)/t20-/m0/s1. The summed E-state index contributed by atoms with van der Waals surface area (Å²) in [6.45, 7) is 1.34. The Bertz CT molecular complexity index is 1530.